The van der Waals surface area contributed by atoms with E-state index in [-0.39, 0.29) is 6.10 Å². The van der Waals surface area contributed by atoms with E-state index in [2.05, 4.69) is 30.5 Å². The summed E-state index contributed by atoms with van der Waals surface area (Å²) in [4.78, 5) is 0. The normalized spacial score (nSPS) is 13.1. The van der Waals surface area contributed by atoms with Gasteiger partial charge in [0.05, 0.1) is 11.8 Å². The van der Waals surface area contributed by atoms with Gasteiger partial charge in [-0.1, -0.05) is 6.92 Å². The molecule has 0 aliphatic carbocycles. The second kappa shape index (κ2) is 5.88. The molecule has 1 unspecified atom stereocenters. The van der Waals surface area contributed by atoms with E-state index in [1.165, 1.54) is 11.3 Å². The lowest BCUT2D eigenvalue weighted by molar-refractivity contribution is 0.117. The van der Waals surface area contributed by atoms with Crippen LogP contribution in [0.3, 0.4) is 0 Å². The van der Waals surface area contributed by atoms with Gasteiger partial charge in [-0.25, -0.2) is 0 Å². The van der Waals surface area contributed by atoms with Crippen LogP contribution in [0.5, 0.6) is 0 Å². The van der Waals surface area contributed by atoms with Crippen LogP contribution in [-0.4, -0.2) is 29.5 Å². The largest absolute Gasteiger partial charge is 0.380 e. The molecule has 1 atom stereocenters. The summed E-state index contributed by atoms with van der Waals surface area (Å²) in [6.07, 6.45) is 3.31. The fourth-order valence-corrected chi connectivity index (χ4v) is 1.52. The highest BCUT2D eigenvalue weighted by atomic mass is 16.5. The van der Waals surface area contributed by atoms with E-state index in [0.717, 1.165) is 19.5 Å². The van der Waals surface area contributed by atoms with Crippen LogP contribution in [0.15, 0.2) is 6.20 Å². The van der Waals surface area contributed by atoms with Crippen molar-refractivity contribution in [1.82, 2.24) is 15.1 Å². The highest BCUT2D eigenvalue weighted by Crippen LogP contribution is 2.06. The number of methoxy groups -OCH3 is 1. The Labute approximate surface area is 91.6 Å². The summed E-state index contributed by atoms with van der Waals surface area (Å²) >= 11 is 0. The minimum Gasteiger partial charge on any atom is -0.380 e. The molecule has 1 N–H and O–H groups in total. The quantitative estimate of drug-likeness (QED) is 0.766. The second-order valence-electron chi connectivity index (χ2n) is 3.81. The molecule has 1 aromatic heterocycles. The molecule has 1 aromatic rings. The molecule has 4 heteroatoms. The molecule has 0 aromatic carbocycles. The van der Waals surface area contributed by atoms with Gasteiger partial charge in [0.15, 0.2) is 0 Å². The van der Waals surface area contributed by atoms with E-state index < -0.39 is 0 Å². The molecule has 4 nitrogen and oxygen atoms in total. The van der Waals surface area contributed by atoms with Gasteiger partial charge in [0, 0.05) is 39.0 Å². The van der Waals surface area contributed by atoms with E-state index in [9.17, 15) is 0 Å². The molecule has 1 rings (SSSR count). The number of aryl methyl sites for hydroxylation is 2. The Kier molecular flexibility index (Phi) is 4.78. The highest BCUT2D eigenvalue weighted by molar-refractivity contribution is 5.16. The third-order valence-electron chi connectivity index (χ3n) is 2.48. The summed E-state index contributed by atoms with van der Waals surface area (Å²) in [6, 6.07) is 0. The van der Waals surface area contributed by atoms with Crippen LogP contribution >= 0.6 is 0 Å². The van der Waals surface area contributed by atoms with E-state index in [0.29, 0.717) is 0 Å². The summed E-state index contributed by atoms with van der Waals surface area (Å²) < 4.78 is 7.04. The minimum atomic E-state index is 0.256. The number of rotatable bonds is 6. The molecule has 0 saturated heterocycles. The van der Waals surface area contributed by atoms with Crippen LogP contribution in [0.2, 0.25) is 0 Å². The zero-order chi connectivity index (χ0) is 11.3. The van der Waals surface area contributed by atoms with Gasteiger partial charge in [0.2, 0.25) is 0 Å². The van der Waals surface area contributed by atoms with Crippen molar-refractivity contribution in [3.8, 4) is 0 Å². The van der Waals surface area contributed by atoms with Crippen LogP contribution in [0, 0.1) is 0 Å². The third-order valence-corrected chi connectivity index (χ3v) is 2.48. The van der Waals surface area contributed by atoms with Crippen molar-refractivity contribution in [3.05, 3.63) is 17.5 Å². The van der Waals surface area contributed by atoms with E-state index in [1.54, 1.807) is 7.11 Å². The first-order chi connectivity index (χ1) is 7.17. The number of nitrogens with one attached hydrogen (secondary N) is 1. The average Bonchev–Trinajstić information content (AvgIpc) is 2.58. The van der Waals surface area contributed by atoms with E-state index >= 15 is 0 Å². The van der Waals surface area contributed by atoms with Crippen molar-refractivity contribution < 1.29 is 4.74 Å². The lowest BCUT2D eigenvalue weighted by atomic mass is 10.2. The fourth-order valence-electron chi connectivity index (χ4n) is 1.52. The fraction of sp³-hybridized carbons (Fsp3) is 0.727. The molecule has 0 bridgehead atoms. The lowest BCUT2D eigenvalue weighted by Crippen LogP contribution is -2.25. The molecule has 15 heavy (non-hydrogen) atoms. The van der Waals surface area contributed by atoms with Crippen molar-refractivity contribution in [2.75, 3.05) is 13.7 Å². The molecule has 86 valence electrons. The van der Waals surface area contributed by atoms with Gasteiger partial charge in [-0.05, 0) is 13.3 Å². The monoisotopic (exact) mass is 211 g/mol. The van der Waals surface area contributed by atoms with Crippen LogP contribution in [0.1, 0.15) is 25.1 Å². The summed E-state index contributed by atoms with van der Waals surface area (Å²) in [5, 5.41) is 7.75. The van der Waals surface area contributed by atoms with Gasteiger partial charge >= 0.3 is 0 Å². The Bertz CT molecular complexity index is 296. The molecule has 0 fully saturated rings. The maximum atomic E-state index is 5.17. The number of hydrogen-bond acceptors (Lipinski definition) is 3. The first kappa shape index (κ1) is 12.2. The number of aromatic nitrogens is 2. The number of nitrogens with zero attached hydrogens (tertiary/aromatic N) is 2. The molecule has 1 heterocycles. The topological polar surface area (TPSA) is 39.1 Å². The molecule has 0 aliphatic heterocycles. The predicted octanol–water partition coefficient (Wildman–Crippen LogP) is 1.11. The molecule has 0 spiro atoms. The van der Waals surface area contributed by atoms with Crippen LogP contribution in [-0.2, 0) is 24.8 Å². The highest BCUT2D eigenvalue weighted by Gasteiger charge is 2.05. The smallest absolute Gasteiger partial charge is 0.0667 e. The Morgan fingerprint density at radius 2 is 2.33 bits per heavy atom. The molecule has 0 aliphatic rings. The Morgan fingerprint density at radius 3 is 2.93 bits per heavy atom. The summed E-state index contributed by atoms with van der Waals surface area (Å²) in [5.41, 5.74) is 2.46. The minimum absolute atomic E-state index is 0.256. The average molecular weight is 211 g/mol. The molecular formula is C11H21N3O. The first-order valence-electron chi connectivity index (χ1n) is 5.42. The first-order valence-corrected chi connectivity index (χ1v) is 5.42. The second-order valence-corrected chi connectivity index (χ2v) is 3.81. The summed E-state index contributed by atoms with van der Waals surface area (Å²) in [5.74, 6) is 0. The van der Waals surface area contributed by atoms with E-state index in [1.807, 2.05) is 11.7 Å². The van der Waals surface area contributed by atoms with Crippen molar-refractivity contribution in [2.24, 2.45) is 7.05 Å². The van der Waals surface area contributed by atoms with Crippen molar-refractivity contribution in [2.45, 2.75) is 32.9 Å². The molecule has 0 radical (unpaired) electrons. The van der Waals surface area contributed by atoms with Crippen LogP contribution in [0.25, 0.3) is 0 Å². The van der Waals surface area contributed by atoms with Crippen LogP contribution < -0.4 is 5.32 Å². The zero-order valence-electron chi connectivity index (χ0n) is 10.1. The number of hydrogen-bond donors (Lipinski definition) is 1. The van der Waals surface area contributed by atoms with Gasteiger partial charge in [-0.3, -0.25) is 4.68 Å². The predicted molar refractivity (Wildman–Crippen MR) is 60.8 cm³/mol. The van der Waals surface area contributed by atoms with Crippen LogP contribution in [0.4, 0.5) is 0 Å². The van der Waals surface area contributed by atoms with E-state index in [4.69, 9.17) is 4.74 Å². The van der Waals surface area contributed by atoms with Crippen molar-refractivity contribution in [3.63, 3.8) is 0 Å². The van der Waals surface area contributed by atoms with Gasteiger partial charge in [-0.2, -0.15) is 5.10 Å². The van der Waals surface area contributed by atoms with Gasteiger partial charge in [0.1, 0.15) is 0 Å². The SMILES string of the molecule is CCc1nn(C)cc1CNCC(C)OC. The molecular weight excluding hydrogens is 190 g/mol. The maximum absolute atomic E-state index is 5.17. The zero-order valence-corrected chi connectivity index (χ0v) is 10.1. The van der Waals surface area contributed by atoms with Gasteiger partial charge in [0.25, 0.3) is 0 Å². The molecule has 0 saturated carbocycles. The van der Waals surface area contributed by atoms with Crippen molar-refractivity contribution in [1.29, 1.82) is 0 Å². The van der Waals surface area contributed by atoms with Crippen molar-refractivity contribution >= 4 is 0 Å². The Hall–Kier alpha value is -0.870. The van der Waals surface area contributed by atoms with Gasteiger partial charge in [-0.15, -0.1) is 0 Å². The lowest BCUT2D eigenvalue weighted by Gasteiger charge is -2.10. The summed E-state index contributed by atoms with van der Waals surface area (Å²) in [7, 11) is 3.69. The Morgan fingerprint density at radius 1 is 1.60 bits per heavy atom. The number of ether oxygens (including phenoxy) is 1. The standard InChI is InChI=1S/C11H21N3O/c1-5-11-10(8-14(3)13-11)7-12-6-9(2)15-4/h8-9,12H,5-7H2,1-4H3. The maximum Gasteiger partial charge on any atom is 0.0667 e. The van der Waals surface area contributed by atoms with Gasteiger partial charge < -0.3 is 10.1 Å². The third kappa shape index (κ3) is 3.64. The Balaban J connectivity index is 2.42. The summed E-state index contributed by atoms with van der Waals surface area (Å²) in [6.45, 7) is 5.92. The molecule has 0 amide bonds.